The average molecular weight is 457 g/mol. The van der Waals surface area contributed by atoms with Crippen LogP contribution in [0.3, 0.4) is 0 Å². The fraction of sp³-hybridized carbons (Fsp3) is 0.318. The number of H-pyrrole nitrogens is 1. The van der Waals surface area contributed by atoms with Crippen LogP contribution in [-0.2, 0) is 0 Å². The van der Waals surface area contributed by atoms with Gasteiger partial charge in [0, 0.05) is 44.2 Å². The second kappa shape index (κ2) is 10.1. The lowest BCUT2D eigenvalue weighted by molar-refractivity contribution is -0.380. The SMILES string of the molecule is O=C(c1cc(-c2ccccc2)c[nH]1)N1CCN(CCCSc2ccc([N+](=O)[O-])s2)CC1. The minimum absolute atomic E-state index is 0.0525. The highest BCUT2D eigenvalue weighted by Crippen LogP contribution is 2.32. The van der Waals surface area contributed by atoms with Crippen molar-refractivity contribution < 1.29 is 9.72 Å². The first kappa shape index (κ1) is 21.6. The van der Waals surface area contributed by atoms with Crippen LogP contribution >= 0.6 is 23.1 Å². The van der Waals surface area contributed by atoms with Crippen molar-refractivity contribution in [2.45, 2.75) is 10.6 Å². The van der Waals surface area contributed by atoms with Gasteiger partial charge in [0.2, 0.25) is 0 Å². The van der Waals surface area contributed by atoms with Crippen molar-refractivity contribution in [3.63, 3.8) is 0 Å². The van der Waals surface area contributed by atoms with Crippen molar-refractivity contribution in [1.82, 2.24) is 14.8 Å². The molecule has 1 amide bonds. The Morgan fingerprint density at radius 2 is 1.87 bits per heavy atom. The van der Waals surface area contributed by atoms with Gasteiger partial charge in [-0.15, -0.1) is 11.8 Å². The number of aromatic amines is 1. The van der Waals surface area contributed by atoms with Gasteiger partial charge in [-0.3, -0.25) is 19.8 Å². The molecule has 1 N–H and O–H groups in total. The summed E-state index contributed by atoms with van der Waals surface area (Å²) >= 11 is 2.90. The molecule has 3 heterocycles. The van der Waals surface area contributed by atoms with E-state index >= 15 is 0 Å². The Balaban J connectivity index is 1.19. The molecule has 0 aliphatic carbocycles. The standard InChI is InChI=1S/C22H24N4O3S2/c27-22(19-15-18(16-23-19)17-5-2-1-3-6-17)25-12-10-24(11-13-25)9-4-14-30-21-8-7-20(31-21)26(28)29/h1-3,5-8,15-16,23H,4,9-14H2. The van der Waals surface area contributed by atoms with Gasteiger partial charge in [-0.2, -0.15) is 0 Å². The quantitative estimate of drug-likeness (QED) is 0.232. The minimum atomic E-state index is -0.342. The van der Waals surface area contributed by atoms with Gasteiger partial charge in [-0.25, -0.2) is 0 Å². The van der Waals surface area contributed by atoms with E-state index in [-0.39, 0.29) is 15.8 Å². The maximum Gasteiger partial charge on any atom is 0.325 e. The van der Waals surface area contributed by atoms with Gasteiger partial charge in [0.25, 0.3) is 5.91 Å². The van der Waals surface area contributed by atoms with Crippen molar-refractivity contribution in [1.29, 1.82) is 0 Å². The molecule has 1 aliphatic heterocycles. The number of nitrogens with zero attached hydrogens (tertiary/aromatic N) is 3. The Hall–Kier alpha value is -2.62. The van der Waals surface area contributed by atoms with E-state index in [9.17, 15) is 14.9 Å². The fourth-order valence-corrected chi connectivity index (χ4v) is 5.54. The predicted molar refractivity (Wildman–Crippen MR) is 125 cm³/mol. The first-order valence-corrected chi connectivity index (χ1v) is 12.0. The van der Waals surface area contributed by atoms with Crippen molar-refractivity contribution in [2.75, 3.05) is 38.5 Å². The van der Waals surface area contributed by atoms with Crippen LogP contribution in [0.5, 0.6) is 0 Å². The highest BCUT2D eigenvalue weighted by molar-refractivity contribution is 8.01. The number of carbonyl (C=O) groups is 1. The molecule has 3 aromatic rings. The summed E-state index contributed by atoms with van der Waals surface area (Å²) in [6.45, 7) is 4.16. The number of thioether (sulfide) groups is 1. The summed E-state index contributed by atoms with van der Waals surface area (Å²) in [5, 5.41) is 10.9. The number of amides is 1. The average Bonchev–Trinajstić information content (AvgIpc) is 3.48. The Morgan fingerprint density at radius 1 is 1.10 bits per heavy atom. The molecule has 162 valence electrons. The summed E-state index contributed by atoms with van der Waals surface area (Å²) < 4.78 is 0.989. The Labute approximate surface area is 189 Å². The van der Waals surface area contributed by atoms with E-state index in [2.05, 4.69) is 9.88 Å². The van der Waals surface area contributed by atoms with Crippen LogP contribution in [0.1, 0.15) is 16.9 Å². The molecule has 7 nitrogen and oxygen atoms in total. The van der Waals surface area contributed by atoms with E-state index < -0.39 is 0 Å². The topological polar surface area (TPSA) is 82.5 Å². The molecule has 1 aliphatic rings. The van der Waals surface area contributed by atoms with Crippen LogP contribution in [-0.4, -0.2) is 64.1 Å². The third kappa shape index (κ3) is 5.55. The molecule has 0 unspecified atom stereocenters. The fourth-order valence-electron chi connectivity index (χ4n) is 3.61. The highest BCUT2D eigenvalue weighted by atomic mass is 32.2. The summed E-state index contributed by atoms with van der Waals surface area (Å²) in [5.74, 6) is 0.985. The second-order valence-electron chi connectivity index (χ2n) is 7.35. The van der Waals surface area contributed by atoms with Crippen molar-refractivity contribution in [3.05, 3.63) is 70.5 Å². The van der Waals surface area contributed by atoms with Gasteiger partial charge in [0.1, 0.15) is 5.69 Å². The lowest BCUT2D eigenvalue weighted by Gasteiger charge is -2.34. The lowest BCUT2D eigenvalue weighted by atomic mass is 10.1. The number of nitrogens with one attached hydrogen (secondary N) is 1. The molecule has 0 spiro atoms. The monoisotopic (exact) mass is 456 g/mol. The summed E-state index contributed by atoms with van der Waals surface area (Å²) in [4.78, 5) is 30.7. The van der Waals surface area contributed by atoms with E-state index in [4.69, 9.17) is 0 Å². The molecule has 0 saturated carbocycles. The molecule has 1 aromatic carbocycles. The number of hydrogen-bond acceptors (Lipinski definition) is 6. The first-order valence-electron chi connectivity index (χ1n) is 10.2. The van der Waals surface area contributed by atoms with Crippen LogP contribution in [0, 0.1) is 10.1 Å². The van der Waals surface area contributed by atoms with E-state index in [1.165, 1.54) is 11.3 Å². The predicted octanol–water partition coefficient (Wildman–Crippen LogP) is 4.59. The van der Waals surface area contributed by atoms with E-state index in [0.717, 1.165) is 60.2 Å². The Kier molecular flexibility index (Phi) is 7.06. The molecule has 2 aromatic heterocycles. The number of benzene rings is 1. The van der Waals surface area contributed by atoms with E-state index in [1.807, 2.05) is 53.6 Å². The van der Waals surface area contributed by atoms with Crippen LogP contribution in [0.4, 0.5) is 5.00 Å². The van der Waals surface area contributed by atoms with Crippen molar-refractivity contribution in [3.8, 4) is 11.1 Å². The molecule has 1 saturated heterocycles. The molecule has 0 radical (unpaired) electrons. The van der Waals surface area contributed by atoms with Gasteiger partial charge in [0.05, 0.1) is 9.13 Å². The molecule has 1 fully saturated rings. The van der Waals surface area contributed by atoms with Crippen LogP contribution in [0.2, 0.25) is 0 Å². The van der Waals surface area contributed by atoms with Gasteiger partial charge >= 0.3 is 5.00 Å². The maximum absolute atomic E-state index is 12.8. The van der Waals surface area contributed by atoms with Crippen LogP contribution < -0.4 is 0 Å². The molecule has 4 rings (SSSR count). The summed E-state index contributed by atoms with van der Waals surface area (Å²) in [6, 6.07) is 15.3. The summed E-state index contributed by atoms with van der Waals surface area (Å²) in [5.41, 5.74) is 2.75. The van der Waals surface area contributed by atoms with Crippen LogP contribution in [0.15, 0.2) is 58.9 Å². The third-order valence-electron chi connectivity index (χ3n) is 5.29. The number of nitro groups is 1. The van der Waals surface area contributed by atoms with Gasteiger partial charge in [-0.1, -0.05) is 41.7 Å². The van der Waals surface area contributed by atoms with Crippen LogP contribution in [0.25, 0.3) is 11.1 Å². The Bertz CT molecular complexity index is 1030. The number of aromatic nitrogens is 1. The normalized spacial score (nSPS) is 14.6. The van der Waals surface area contributed by atoms with Crippen molar-refractivity contribution >= 4 is 34.0 Å². The molecular formula is C22H24N4O3S2. The summed E-state index contributed by atoms with van der Waals surface area (Å²) in [6.07, 6.45) is 2.90. The second-order valence-corrected chi connectivity index (χ2v) is 9.81. The molecule has 31 heavy (non-hydrogen) atoms. The largest absolute Gasteiger partial charge is 0.357 e. The number of hydrogen-bond donors (Lipinski definition) is 1. The smallest absolute Gasteiger partial charge is 0.325 e. The Morgan fingerprint density at radius 3 is 2.58 bits per heavy atom. The minimum Gasteiger partial charge on any atom is -0.357 e. The van der Waals surface area contributed by atoms with Gasteiger partial charge < -0.3 is 9.88 Å². The zero-order valence-corrected chi connectivity index (χ0v) is 18.7. The molecule has 0 atom stereocenters. The van der Waals surface area contributed by atoms with E-state index in [0.29, 0.717) is 5.69 Å². The zero-order chi connectivity index (χ0) is 21.6. The first-order chi connectivity index (χ1) is 15.1. The zero-order valence-electron chi connectivity index (χ0n) is 17.0. The van der Waals surface area contributed by atoms with Gasteiger partial charge in [0.15, 0.2) is 0 Å². The summed E-state index contributed by atoms with van der Waals surface area (Å²) in [7, 11) is 0. The maximum atomic E-state index is 12.8. The molecule has 9 heteroatoms. The number of piperazine rings is 1. The lowest BCUT2D eigenvalue weighted by Crippen LogP contribution is -2.49. The third-order valence-corrected chi connectivity index (χ3v) is 7.64. The number of thiophene rings is 1. The number of carbonyl (C=O) groups excluding carboxylic acids is 1. The number of rotatable bonds is 8. The van der Waals surface area contributed by atoms with E-state index in [1.54, 1.807) is 17.8 Å². The molecule has 0 bridgehead atoms. The highest BCUT2D eigenvalue weighted by Gasteiger charge is 2.23. The van der Waals surface area contributed by atoms with Gasteiger partial charge in [-0.05, 0) is 36.2 Å². The van der Waals surface area contributed by atoms with Crippen molar-refractivity contribution in [2.24, 2.45) is 0 Å². The molecular weight excluding hydrogens is 432 g/mol.